The Kier molecular flexibility index (Phi) is 7.72. The maximum Gasteiger partial charge on any atom is 0.410 e. The molecule has 0 saturated carbocycles. The summed E-state index contributed by atoms with van der Waals surface area (Å²) in [4.78, 5) is 31.7. The van der Waals surface area contributed by atoms with Gasteiger partial charge in [-0.15, -0.1) is 0 Å². The lowest BCUT2D eigenvalue weighted by Gasteiger charge is -2.25. The van der Waals surface area contributed by atoms with Gasteiger partial charge >= 0.3 is 6.09 Å². The van der Waals surface area contributed by atoms with Crippen molar-refractivity contribution in [1.29, 1.82) is 0 Å². The van der Waals surface area contributed by atoms with Crippen LogP contribution in [0.5, 0.6) is 0 Å². The molecular weight excluding hydrogens is 446 g/mol. The third-order valence-electron chi connectivity index (χ3n) is 4.48. The number of aromatic nitrogens is 2. The molecule has 7 heteroatoms. The first kappa shape index (κ1) is 24.4. The molecule has 0 N–H and O–H groups in total. The molecule has 2 aromatic rings. The number of fused-ring (bicyclic) bond motifs is 1. The van der Waals surface area contributed by atoms with Crippen LogP contribution in [-0.4, -0.2) is 39.7 Å². The quantitative estimate of drug-likeness (QED) is 0.520. The molecule has 30 heavy (non-hydrogen) atoms. The average molecular weight is 480 g/mol. The van der Waals surface area contributed by atoms with Gasteiger partial charge in [0.15, 0.2) is 0 Å². The third-order valence-corrected chi connectivity index (χ3v) is 4.97. The van der Waals surface area contributed by atoms with E-state index < -0.39 is 5.60 Å². The zero-order valence-electron chi connectivity index (χ0n) is 19.2. The predicted octanol–water partition coefficient (Wildman–Crippen LogP) is 5.39. The highest BCUT2D eigenvalue weighted by molar-refractivity contribution is 9.10. The minimum atomic E-state index is -0.502. The predicted molar refractivity (Wildman–Crippen MR) is 125 cm³/mol. The summed E-state index contributed by atoms with van der Waals surface area (Å²) in [7, 11) is 1.75. The molecule has 0 atom stereocenters. The molecule has 1 heterocycles. The second-order valence-corrected chi connectivity index (χ2v) is 10.9. The van der Waals surface area contributed by atoms with Crippen LogP contribution in [0.2, 0.25) is 0 Å². The van der Waals surface area contributed by atoms with Crippen molar-refractivity contribution in [3.05, 3.63) is 38.9 Å². The van der Waals surface area contributed by atoms with E-state index in [-0.39, 0.29) is 17.1 Å². The average Bonchev–Trinajstić information content (AvgIpc) is 2.59. The smallest absolute Gasteiger partial charge is 0.410 e. The molecule has 2 rings (SSSR count). The van der Waals surface area contributed by atoms with Crippen molar-refractivity contribution in [3.8, 4) is 0 Å². The van der Waals surface area contributed by atoms with E-state index in [9.17, 15) is 9.59 Å². The van der Waals surface area contributed by atoms with Gasteiger partial charge in [-0.05, 0) is 57.2 Å². The number of halogens is 1. The zero-order valence-corrected chi connectivity index (χ0v) is 20.8. The lowest BCUT2D eigenvalue weighted by atomic mass is 9.96. The number of hydrogen-bond donors (Lipinski definition) is 0. The van der Waals surface area contributed by atoms with Gasteiger partial charge in [-0.1, -0.05) is 36.7 Å². The van der Waals surface area contributed by atoms with E-state index in [2.05, 4.69) is 36.7 Å². The number of carbonyl (C=O) groups is 1. The van der Waals surface area contributed by atoms with Crippen LogP contribution in [0, 0.1) is 5.41 Å². The largest absolute Gasteiger partial charge is 0.444 e. The van der Waals surface area contributed by atoms with Crippen LogP contribution in [0.1, 0.15) is 60.2 Å². The summed E-state index contributed by atoms with van der Waals surface area (Å²) in [6.07, 6.45) is 1.99. The van der Waals surface area contributed by atoms with E-state index >= 15 is 0 Å². The van der Waals surface area contributed by atoms with E-state index in [1.54, 1.807) is 11.9 Å². The maximum atomic E-state index is 13.2. The van der Waals surface area contributed by atoms with Gasteiger partial charge in [0.1, 0.15) is 11.4 Å². The highest BCUT2D eigenvalue weighted by Crippen LogP contribution is 2.20. The monoisotopic (exact) mass is 479 g/mol. The van der Waals surface area contributed by atoms with Gasteiger partial charge in [-0.2, -0.15) is 0 Å². The number of benzene rings is 1. The van der Waals surface area contributed by atoms with E-state index in [0.717, 1.165) is 23.1 Å². The standard InChI is InChI=1S/C23H34BrN3O3/c1-22(2,3)15-27-19(25-18-12-11-16(24)14-17(18)20(27)28)10-8-9-13-26(7)21(29)30-23(4,5)6/h11-12,14H,8-10,13,15H2,1-7H3. The Balaban J connectivity index is 2.14. The molecule has 0 bridgehead atoms. The van der Waals surface area contributed by atoms with Crippen LogP contribution in [0.25, 0.3) is 10.9 Å². The Morgan fingerprint density at radius 2 is 1.83 bits per heavy atom. The Morgan fingerprint density at radius 1 is 1.17 bits per heavy atom. The van der Waals surface area contributed by atoms with E-state index in [4.69, 9.17) is 9.72 Å². The molecule has 1 aromatic heterocycles. The van der Waals surface area contributed by atoms with Gasteiger partial charge in [0.25, 0.3) is 5.56 Å². The maximum absolute atomic E-state index is 13.2. The SMILES string of the molecule is CN(CCCCc1nc2ccc(Br)cc2c(=O)n1CC(C)(C)C)C(=O)OC(C)(C)C. The number of rotatable bonds is 6. The fourth-order valence-electron chi connectivity index (χ4n) is 3.13. The first-order valence-electron chi connectivity index (χ1n) is 10.4. The minimum Gasteiger partial charge on any atom is -0.444 e. The topological polar surface area (TPSA) is 64.4 Å². The Hall–Kier alpha value is -1.89. The number of unbranched alkanes of at least 4 members (excludes halogenated alkanes) is 1. The molecule has 166 valence electrons. The molecule has 1 amide bonds. The van der Waals surface area contributed by atoms with Crippen molar-refractivity contribution in [2.24, 2.45) is 5.41 Å². The molecule has 6 nitrogen and oxygen atoms in total. The number of aryl methyl sites for hydroxylation is 1. The van der Waals surface area contributed by atoms with Crippen LogP contribution in [0.3, 0.4) is 0 Å². The Bertz CT molecular complexity index is 955. The first-order valence-corrected chi connectivity index (χ1v) is 11.2. The molecule has 0 aliphatic heterocycles. The second kappa shape index (κ2) is 9.50. The van der Waals surface area contributed by atoms with E-state index in [0.29, 0.717) is 30.4 Å². The van der Waals surface area contributed by atoms with Gasteiger partial charge in [-0.25, -0.2) is 9.78 Å². The van der Waals surface area contributed by atoms with Crippen LogP contribution in [0.15, 0.2) is 27.5 Å². The number of amides is 1. The highest BCUT2D eigenvalue weighted by Gasteiger charge is 2.20. The molecule has 0 spiro atoms. The number of carbonyl (C=O) groups excluding carboxylic acids is 1. The third kappa shape index (κ3) is 7.11. The van der Waals surface area contributed by atoms with Crippen molar-refractivity contribution in [1.82, 2.24) is 14.5 Å². The molecule has 0 aliphatic rings. The van der Waals surface area contributed by atoms with Crippen LogP contribution in [0.4, 0.5) is 4.79 Å². The fraction of sp³-hybridized carbons (Fsp3) is 0.609. The fourth-order valence-corrected chi connectivity index (χ4v) is 3.49. The highest BCUT2D eigenvalue weighted by atomic mass is 79.9. The summed E-state index contributed by atoms with van der Waals surface area (Å²) in [6, 6.07) is 5.62. The van der Waals surface area contributed by atoms with E-state index in [1.165, 1.54) is 0 Å². The Morgan fingerprint density at radius 3 is 2.43 bits per heavy atom. The lowest BCUT2D eigenvalue weighted by molar-refractivity contribution is 0.0296. The molecule has 0 fully saturated rings. The lowest BCUT2D eigenvalue weighted by Crippen LogP contribution is -2.34. The number of nitrogens with zero attached hydrogens (tertiary/aromatic N) is 3. The molecule has 1 aromatic carbocycles. The van der Waals surface area contributed by atoms with Gasteiger partial charge in [-0.3, -0.25) is 9.36 Å². The molecule has 0 radical (unpaired) electrons. The van der Waals surface area contributed by atoms with Crippen molar-refractivity contribution in [3.63, 3.8) is 0 Å². The van der Waals surface area contributed by atoms with E-state index in [1.807, 2.05) is 43.5 Å². The normalized spacial score (nSPS) is 12.3. The second-order valence-electron chi connectivity index (χ2n) is 10.0. The zero-order chi connectivity index (χ0) is 22.7. The summed E-state index contributed by atoms with van der Waals surface area (Å²) < 4.78 is 8.07. The summed E-state index contributed by atoms with van der Waals surface area (Å²) in [6.45, 7) is 13.1. The summed E-state index contributed by atoms with van der Waals surface area (Å²) >= 11 is 3.45. The number of ether oxygens (including phenoxy) is 1. The first-order chi connectivity index (χ1) is 13.8. The van der Waals surface area contributed by atoms with Gasteiger partial charge in [0.05, 0.1) is 10.9 Å². The minimum absolute atomic E-state index is 0.00269. The molecule has 0 unspecified atom stereocenters. The Labute approximate surface area is 187 Å². The van der Waals surface area contributed by atoms with Crippen LogP contribution in [-0.2, 0) is 17.7 Å². The van der Waals surface area contributed by atoms with Crippen LogP contribution >= 0.6 is 15.9 Å². The molecular formula is C23H34BrN3O3. The summed E-state index contributed by atoms with van der Waals surface area (Å²) in [5, 5.41) is 0.627. The van der Waals surface area contributed by atoms with Crippen molar-refractivity contribution < 1.29 is 9.53 Å². The van der Waals surface area contributed by atoms with Gasteiger partial charge < -0.3 is 9.64 Å². The van der Waals surface area contributed by atoms with Gasteiger partial charge in [0, 0.05) is 31.0 Å². The van der Waals surface area contributed by atoms with Crippen molar-refractivity contribution in [2.75, 3.05) is 13.6 Å². The van der Waals surface area contributed by atoms with Gasteiger partial charge in [0.2, 0.25) is 0 Å². The van der Waals surface area contributed by atoms with Crippen molar-refractivity contribution >= 4 is 32.9 Å². The molecule has 0 aliphatic carbocycles. The molecule has 0 saturated heterocycles. The number of hydrogen-bond acceptors (Lipinski definition) is 4. The van der Waals surface area contributed by atoms with Crippen molar-refractivity contribution in [2.45, 2.75) is 73.0 Å². The summed E-state index contributed by atoms with van der Waals surface area (Å²) in [5.74, 6) is 0.796. The van der Waals surface area contributed by atoms with Crippen LogP contribution < -0.4 is 5.56 Å². The summed E-state index contributed by atoms with van der Waals surface area (Å²) in [5.41, 5.74) is 0.168.